The first-order valence-corrected chi connectivity index (χ1v) is 8.62. The Labute approximate surface area is 144 Å². The number of ketones is 2. The molecule has 0 aliphatic carbocycles. The number of hydrogen-bond acceptors (Lipinski definition) is 4. The molecule has 0 aromatic rings. The van der Waals surface area contributed by atoms with Crippen molar-refractivity contribution >= 4 is 23.4 Å². The van der Waals surface area contributed by atoms with E-state index in [0.717, 1.165) is 0 Å². The molecular weight excluding hydrogens is 308 g/mol. The van der Waals surface area contributed by atoms with Gasteiger partial charge < -0.3 is 10.6 Å². The Balaban J connectivity index is 2.63. The van der Waals surface area contributed by atoms with Crippen molar-refractivity contribution in [1.29, 1.82) is 0 Å². The highest BCUT2D eigenvalue weighted by Crippen LogP contribution is 2.23. The monoisotopic (exact) mass is 338 g/mol. The van der Waals surface area contributed by atoms with Crippen molar-refractivity contribution in [1.82, 2.24) is 10.6 Å². The topological polar surface area (TPSA) is 92.3 Å². The van der Waals surface area contributed by atoms with Gasteiger partial charge in [-0.25, -0.2) is 0 Å². The normalized spacial score (nSPS) is 19.8. The quantitative estimate of drug-likeness (QED) is 0.688. The summed E-state index contributed by atoms with van der Waals surface area (Å²) in [6.07, 6.45) is 0.651. The fourth-order valence-electron chi connectivity index (χ4n) is 2.71. The second-order valence-electron chi connectivity index (χ2n) is 8.17. The fraction of sp³-hybridized carbons (Fsp3) is 0.778. The molecule has 0 bridgehead atoms. The summed E-state index contributed by atoms with van der Waals surface area (Å²) in [7, 11) is 0. The number of Topliss-reactive ketones (excluding diaryl/α,β-unsaturated/α-hetero) is 2. The standard InChI is InChI=1S/C18H30N2O4/c1-11(2)13(9-15(22)20-10-18(3,4)5)14(21)8-12-6-7-19-17(24)16(12)23/h11-13H,6-10H2,1-5H3,(H,19,24)(H,20,22). The van der Waals surface area contributed by atoms with Crippen molar-refractivity contribution in [3.63, 3.8) is 0 Å². The molecule has 0 spiro atoms. The van der Waals surface area contributed by atoms with Gasteiger partial charge in [-0.05, 0) is 17.8 Å². The molecule has 0 radical (unpaired) electrons. The van der Waals surface area contributed by atoms with Crippen molar-refractivity contribution in [2.45, 2.75) is 53.9 Å². The summed E-state index contributed by atoms with van der Waals surface area (Å²) >= 11 is 0. The van der Waals surface area contributed by atoms with E-state index in [2.05, 4.69) is 10.6 Å². The van der Waals surface area contributed by atoms with Crippen LogP contribution in [0.2, 0.25) is 0 Å². The van der Waals surface area contributed by atoms with Crippen LogP contribution in [0.4, 0.5) is 0 Å². The number of carbonyl (C=O) groups is 4. The third-order valence-electron chi connectivity index (χ3n) is 4.26. The van der Waals surface area contributed by atoms with E-state index >= 15 is 0 Å². The highest BCUT2D eigenvalue weighted by atomic mass is 16.2. The molecule has 1 rings (SSSR count). The van der Waals surface area contributed by atoms with Gasteiger partial charge in [-0.1, -0.05) is 34.6 Å². The molecule has 136 valence electrons. The van der Waals surface area contributed by atoms with E-state index in [9.17, 15) is 19.2 Å². The van der Waals surface area contributed by atoms with Crippen molar-refractivity contribution in [3.8, 4) is 0 Å². The van der Waals surface area contributed by atoms with Gasteiger partial charge in [0.15, 0.2) is 0 Å². The first kappa shape index (κ1) is 20.3. The van der Waals surface area contributed by atoms with Crippen LogP contribution >= 0.6 is 0 Å². The third-order valence-corrected chi connectivity index (χ3v) is 4.26. The molecule has 2 atom stereocenters. The van der Waals surface area contributed by atoms with Gasteiger partial charge in [-0.3, -0.25) is 19.2 Å². The zero-order valence-corrected chi connectivity index (χ0v) is 15.4. The maximum absolute atomic E-state index is 12.6. The molecule has 6 nitrogen and oxygen atoms in total. The van der Waals surface area contributed by atoms with Crippen LogP contribution in [0, 0.1) is 23.2 Å². The lowest BCUT2D eigenvalue weighted by atomic mass is 9.81. The average Bonchev–Trinajstić information content (AvgIpc) is 2.46. The van der Waals surface area contributed by atoms with Gasteiger partial charge in [-0.15, -0.1) is 0 Å². The Morgan fingerprint density at radius 1 is 1.25 bits per heavy atom. The van der Waals surface area contributed by atoms with Crippen molar-refractivity contribution in [2.75, 3.05) is 13.1 Å². The molecule has 1 heterocycles. The minimum absolute atomic E-state index is 0.00501. The molecule has 1 aliphatic rings. The van der Waals surface area contributed by atoms with Crippen LogP contribution in [-0.2, 0) is 19.2 Å². The molecule has 1 fully saturated rings. The van der Waals surface area contributed by atoms with Crippen molar-refractivity contribution < 1.29 is 19.2 Å². The number of nitrogens with one attached hydrogen (secondary N) is 2. The molecule has 2 N–H and O–H groups in total. The largest absolute Gasteiger partial charge is 0.356 e. The summed E-state index contributed by atoms with van der Waals surface area (Å²) in [5.74, 6) is -2.36. The molecule has 1 saturated heterocycles. The van der Waals surface area contributed by atoms with Crippen LogP contribution in [0.25, 0.3) is 0 Å². The van der Waals surface area contributed by atoms with Crippen molar-refractivity contribution in [2.24, 2.45) is 23.2 Å². The lowest BCUT2D eigenvalue weighted by Gasteiger charge is -2.25. The van der Waals surface area contributed by atoms with Gasteiger partial charge in [0.2, 0.25) is 11.7 Å². The van der Waals surface area contributed by atoms with Gasteiger partial charge in [0.1, 0.15) is 5.78 Å². The molecule has 0 saturated carbocycles. The minimum Gasteiger partial charge on any atom is -0.356 e. The summed E-state index contributed by atoms with van der Waals surface area (Å²) in [6.45, 7) is 10.8. The van der Waals surface area contributed by atoms with Gasteiger partial charge in [0.25, 0.3) is 5.91 Å². The van der Waals surface area contributed by atoms with Crippen LogP contribution in [0.3, 0.4) is 0 Å². The van der Waals surface area contributed by atoms with E-state index < -0.39 is 23.5 Å². The number of hydrogen-bond donors (Lipinski definition) is 2. The minimum atomic E-state index is -0.608. The summed E-state index contributed by atoms with van der Waals surface area (Å²) in [5.41, 5.74) is -0.0190. The lowest BCUT2D eigenvalue weighted by Crippen LogP contribution is -2.44. The first-order chi connectivity index (χ1) is 11.0. The zero-order chi connectivity index (χ0) is 18.5. The van der Waals surface area contributed by atoms with Gasteiger partial charge in [0, 0.05) is 37.8 Å². The Morgan fingerprint density at radius 2 is 1.88 bits per heavy atom. The summed E-state index contributed by atoms with van der Waals surface area (Å²) in [4.78, 5) is 48.0. The molecule has 0 aromatic carbocycles. The maximum Gasteiger partial charge on any atom is 0.287 e. The SMILES string of the molecule is CC(C)C(CC(=O)NCC(C)(C)C)C(=O)CC1CCNC(=O)C1=O. The van der Waals surface area contributed by atoms with E-state index in [4.69, 9.17) is 0 Å². The summed E-state index contributed by atoms with van der Waals surface area (Å²) < 4.78 is 0. The van der Waals surface area contributed by atoms with Crippen LogP contribution in [0.1, 0.15) is 53.9 Å². The highest BCUT2D eigenvalue weighted by molar-refractivity contribution is 6.37. The van der Waals surface area contributed by atoms with Gasteiger partial charge in [-0.2, -0.15) is 0 Å². The number of rotatable bonds is 7. The molecule has 2 unspecified atom stereocenters. The maximum atomic E-state index is 12.6. The number of carbonyl (C=O) groups excluding carboxylic acids is 4. The van der Waals surface area contributed by atoms with Crippen LogP contribution in [0.5, 0.6) is 0 Å². The Kier molecular flexibility index (Phi) is 7.11. The summed E-state index contributed by atoms with van der Waals surface area (Å²) in [6, 6.07) is 0. The van der Waals surface area contributed by atoms with E-state index in [1.807, 2.05) is 34.6 Å². The molecule has 1 aliphatic heterocycles. The van der Waals surface area contributed by atoms with E-state index in [1.54, 1.807) is 0 Å². The fourth-order valence-corrected chi connectivity index (χ4v) is 2.71. The smallest absolute Gasteiger partial charge is 0.287 e. The molecular formula is C18H30N2O4. The Bertz CT molecular complexity index is 506. The predicted octanol–water partition coefficient (Wildman–Crippen LogP) is 1.48. The zero-order valence-electron chi connectivity index (χ0n) is 15.4. The van der Waals surface area contributed by atoms with Crippen LogP contribution < -0.4 is 10.6 Å². The van der Waals surface area contributed by atoms with Gasteiger partial charge in [0.05, 0.1) is 0 Å². The van der Waals surface area contributed by atoms with E-state index in [1.165, 1.54) is 0 Å². The molecule has 6 heteroatoms. The lowest BCUT2D eigenvalue weighted by molar-refractivity contribution is -0.143. The van der Waals surface area contributed by atoms with E-state index in [-0.39, 0.29) is 35.9 Å². The van der Waals surface area contributed by atoms with Crippen LogP contribution in [0.15, 0.2) is 0 Å². The van der Waals surface area contributed by atoms with E-state index in [0.29, 0.717) is 19.5 Å². The predicted molar refractivity (Wildman–Crippen MR) is 91.2 cm³/mol. The highest BCUT2D eigenvalue weighted by Gasteiger charge is 2.34. The summed E-state index contributed by atoms with van der Waals surface area (Å²) in [5, 5.41) is 5.35. The number of piperidine rings is 1. The second-order valence-corrected chi connectivity index (χ2v) is 8.17. The number of amides is 2. The average molecular weight is 338 g/mol. The second kappa shape index (κ2) is 8.40. The third kappa shape index (κ3) is 6.42. The van der Waals surface area contributed by atoms with Crippen molar-refractivity contribution in [3.05, 3.63) is 0 Å². The van der Waals surface area contributed by atoms with Crippen LogP contribution in [-0.4, -0.2) is 36.5 Å². The first-order valence-electron chi connectivity index (χ1n) is 8.62. The molecule has 24 heavy (non-hydrogen) atoms. The Morgan fingerprint density at radius 3 is 2.42 bits per heavy atom. The molecule has 0 aromatic heterocycles. The molecule has 2 amide bonds. The Hall–Kier alpha value is -1.72. The van der Waals surface area contributed by atoms with Gasteiger partial charge >= 0.3 is 0 Å².